The highest BCUT2D eigenvalue weighted by Gasteiger charge is 2.20. The summed E-state index contributed by atoms with van der Waals surface area (Å²) in [6, 6.07) is 9.97. The van der Waals surface area contributed by atoms with E-state index in [1.807, 2.05) is 4.90 Å². The molecule has 1 aliphatic heterocycles. The molecule has 0 spiro atoms. The van der Waals surface area contributed by atoms with Crippen molar-refractivity contribution in [2.75, 3.05) is 18.0 Å². The summed E-state index contributed by atoms with van der Waals surface area (Å²) in [6.07, 6.45) is 3.93. The molecule has 0 aliphatic carbocycles. The Bertz CT molecular complexity index is 1130. The molecule has 1 fully saturated rings. The van der Waals surface area contributed by atoms with Crippen LogP contribution >= 0.6 is 11.6 Å². The van der Waals surface area contributed by atoms with Gasteiger partial charge in [-0.3, -0.25) is 19.1 Å². The maximum absolute atomic E-state index is 12.5. The molecule has 0 bridgehead atoms. The monoisotopic (exact) mass is 413 g/mol. The Morgan fingerprint density at radius 3 is 2.76 bits per heavy atom. The van der Waals surface area contributed by atoms with Crippen molar-refractivity contribution in [2.24, 2.45) is 5.73 Å². The van der Waals surface area contributed by atoms with Gasteiger partial charge in [0, 0.05) is 37.6 Å². The van der Waals surface area contributed by atoms with E-state index >= 15 is 0 Å². The lowest BCUT2D eigenvalue weighted by Gasteiger charge is -2.17. The number of H-pyrrole nitrogens is 1. The van der Waals surface area contributed by atoms with Crippen LogP contribution in [0.5, 0.6) is 5.75 Å². The smallest absolute Gasteiger partial charge is 0.273 e. The Kier molecular flexibility index (Phi) is 5.37. The molecule has 1 unspecified atom stereocenters. The zero-order valence-corrected chi connectivity index (χ0v) is 16.3. The summed E-state index contributed by atoms with van der Waals surface area (Å²) in [4.78, 5) is 34.0. The van der Waals surface area contributed by atoms with E-state index in [4.69, 9.17) is 22.1 Å². The Morgan fingerprint density at radius 2 is 2.10 bits per heavy atom. The van der Waals surface area contributed by atoms with Gasteiger partial charge in [-0.25, -0.2) is 0 Å². The summed E-state index contributed by atoms with van der Waals surface area (Å²) >= 11 is 5.81. The number of rotatable bonds is 5. The van der Waals surface area contributed by atoms with Gasteiger partial charge in [0.15, 0.2) is 0 Å². The van der Waals surface area contributed by atoms with Gasteiger partial charge in [-0.05, 0) is 36.8 Å². The quantitative estimate of drug-likeness (QED) is 0.659. The Hall–Kier alpha value is -3.10. The van der Waals surface area contributed by atoms with E-state index in [1.165, 1.54) is 23.0 Å². The van der Waals surface area contributed by atoms with Crippen molar-refractivity contribution in [3.63, 3.8) is 0 Å². The average Bonchev–Trinajstić information content (AvgIpc) is 3.14. The van der Waals surface area contributed by atoms with Gasteiger partial charge in [0.25, 0.3) is 11.1 Å². The molecular weight excluding hydrogens is 394 g/mol. The zero-order valence-electron chi connectivity index (χ0n) is 15.5. The van der Waals surface area contributed by atoms with E-state index in [1.54, 1.807) is 30.3 Å². The highest BCUT2D eigenvalue weighted by molar-refractivity contribution is 6.30. The molecule has 0 aromatic carbocycles. The average molecular weight is 414 g/mol. The third-order valence-corrected chi connectivity index (χ3v) is 4.99. The van der Waals surface area contributed by atoms with Crippen LogP contribution in [0.1, 0.15) is 12.1 Å². The summed E-state index contributed by atoms with van der Waals surface area (Å²) in [7, 11) is 0. The van der Waals surface area contributed by atoms with Gasteiger partial charge in [-0.1, -0.05) is 11.6 Å². The fraction of sp³-hybridized carbons (Fsp3) is 0.250. The van der Waals surface area contributed by atoms with E-state index < -0.39 is 0 Å². The Labute approximate surface area is 171 Å². The number of pyridine rings is 3. The maximum Gasteiger partial charge on any atom is 0.273 e. The third-order valence-electron chi connectivity index (χ3n) is 4.76. The number of anilines is 1. The summed E-state index contributed by atoms with van der Waals surface area (Å²) in [5.41, 5.74) is 6.14. The first kappa shape index (κ1) is 19.2. The van der Waals surface area contributed by atoms with Crippen LogP contribution in [0.4, 0.5) is 5.82 Å². The number of nitrogens with one attached hydrogen (secondary N) is 1. The molecule has 8 nitrogen and oxygen atoms in total. The van der Waals surface area contributed by atoms with Crippen molar-refractivity contribution in [3.05, 3.63) is 80.2 Å². The predicted octanol–water partition coefficient (Wildman–Crippen LogP) is 1.69. The molecule has 9 heteroatoms. The molecule has 0 amide bonds. The van der Waals surface area contributed by atoms with Crippen LogP contribution in [0.2, 0.25) is 5.02 Å². The first-order valence-electron chi connectivity index (χ1n) is 9.20. The fourth-order valence-corrected chi connectivity index (χ4v) is 3.35. The topological polar surface area (TPSA) is 106 Å². The standard InChI is InChI=1S/C20H20ClN5O3/c21-13-1-2-15(23-10-13)12-29-16-6-8-26(19(27)9-16)17-3-4-18(24-20(17)28)25-7-5-14(22)11-25/h1-4,6,8-10,14H,5,7,11-12,22H2,(H,24,28). The van der Waals surface area contributed by atoms with Gasteiger partial charge in [0.1, 0.15) is 23.9 Å². The van der Waals surface area contributed by atoms with Crippen molar-refractivity contribution in [3.8, 4) is 11.4 Å². The van der Waals surface area contributed by atoms with E-state index in [0.717, 1.165) is 13.0 Å². The van der Waals surface area contributed by atoms with Crippen molar-refractivity contribution < 1.29 is 4.74 Å². The summed E-state index contributed by atoms with van der Waals surface area (Å²) in [5.74, 6) is 1.09. The van der Waals surface area contributed by atoms with Gasteiger partial charge in [0.05, 0.1) is 10.7 Å². The number of aromatic amines is 1. The third kappa shape index (κ3) is 4.33. The number of nitrogens with two attached hydrogens (primary N) is 1. The van der Waals surface area contributed by atoms with Crippen LogP contribution in [0, 0.1) is 0 Å². The number of nitrogens with zero attached hydrogens (tertiary/aromatic N) is 3. The first-order valence-corrected chi connectivity index (χ1v) is 9.57. The molecule has 3 aromatic rings. The van der Waals surface area contributed by atoms with Crippen molar-refractivity contribution in [1.29, 1.82) is 0 Å². The van der Waals surface area contributed by atoms with E-state index in [2.05, 4.69) is 9.97 Å². The predicted molar refractivity (Wildman–Crippen MR) is 111 cm³/mol. The zero-order chi connectivity index (χ0) is 20.4. The summed E-state index contributed by atoms with van der Waals surface area (Å²) in [5, 5.41) is 0.542. The van der Waals surface area contributed by atoms with Crippen LogP contribution in [0.3, 0.4) is 0 Å². The van der Waals surface area contributed by atoms with E-state index in [-0.39, 0.29) is 29.5 Å². The lowest BCUT2D eigenvalue weighted by atomic mass is 10.3. The van der Waals surface area contributed by atoms with Gasteiger partial charge >= 0.3 is 0 Å². The second-order valence-electron chi connectivity index (χ2n) is 6.88. The lowest BCUT2D eigenvalue weighted by Crippen LogP contribution is -2.29. The minimum atomic E-state index is -0.368. The number of ether oxygens (including phenoxy) is 1. The SMILES string of the molecule is NC1CCN(c2ccc(-n3ccc(OCc4ccc(Cl)cn4)cc3=O)c(=O)[nH]2)C1. The van der Waals surface area contributed by atoms with Crippen molar-refractivity contribution >= 4 is 17.4 Å². The Morgan fingerprint density at radius 1 is 1.24 bits per heavy atom. The number of hydrogen-bond donors (Lipinski definition) is 2. The van der Waals surface area contributed by atoms with Gasteiger partial charge in [0.2, 0.25) is 0 Å². The van der Waals surface area contributed by atoms with Crippen molar-refractivity contribution in [2.45, 2.75) is 19.1 Å². The first-order chi connectivity index (χ1) is 14.0. The van der Waals surface area contributed by atoms with Crippen LogP contribution < -0.4 is 26.5 Å². The number of aromatic nitrogens is 3. The van der Waals surface area contributed by atoms with Crippen LogP contribution in [0.25, 0.3) is 5.69 Å². The van der Waals surface area contributed by atoms with E-state index in [0.29, 0.717) is 28.8 Å². The maximum atomic E-state index is 12.5. The second kappa shape index (κ2) is 8.10. The molecule has 150 valence electrons. The highest BCUT2D eigenvalue weighted by Crippen LogP contribution is 2.17. The Balaban J connectivity index is 1.51. The van der Waals surface area contributed by atoms with Crippen LogP contribution in [0.15, 0.2) is 58.4 Å². The van der Waals surface area contributed by atoms with Crippen LogP contribution in [-0.2, 0) is 6.61 Å². The summed E-state index contributed by atoms with van der Waals surface area (Å²) in [6.45, 7) is 1.70. The molecule has 4 heterocycles. The highest BCUT2D eigenvalue weighted by atomic mass is 35.5. The number of hydrogen-bond acceptors (Lipinski definition) is 6. The minimum absolute atomic E-state index is 0.108. The van der Waals surface area contributed by atoms with Crippen LogP contribution in [-0.4, -0.2) is 33.7 Å². The molecule has 0 saturated carbocycles. The van der Waals surface area contributed by atoms with Crippen molar-refractivity contribution in [1.82, 2.24) is 14.5 Å². The molecule has 3 aromatic heterocycles. The van der Waals surface area contributed by atoms with E-state index in [9.17, 15) is 9.59 Å². The van der Waals surface area contributed by atoms with Gasteiger partial charge < -0.3 is 20.4 Å². The molecule has 4 rings (SSSR count). The van der Waals surface area contributed by atoms with Gasteiger partial charge in [-0.2, -0.15) is 0 Å². The molecule has 1 atom stereocenters. The molecular formula is C20H20ClN5O3. The lowest BCUT2D eigenvalue weighted by molar-refractivity contribution is 0.300. The fourth-order valence-electron chi connectivity index (χ4n) is 3.23. The number of halogens is 1. The molecule has 1 saturated heterocycles. The minimum Gasteiger partial charge on any atom is -0.487 e. The second-order valence-corrected chi connectivity index (χ2v) is 7.32. The summed E-state index contributed by atoms with van der Waals surface area (Å²) < 4.78 is 6.89. The largest absolute Gasteiger partial charge is 0.487 e. The molecule has 1 aliphatic rings. The normalized spacial score (nSPS) is 16.2. The van der Waals surface area contributed by atoms with Gasteiger partial charge in [-0.15, -0.1) is 0 Å². The molecule has 29 heavy (non-hydrogen) atoms. The molecule has 0 radical (unpaired) electrons. The molecule has 3 N–H and O–H groups in total.